The summed E-state index contributed by atoms with van der Waals surface area (Å²) < 4.78 is 0. The Kier molecular flexibility index (Phi) is 8.47. The van der Waals surface area contributed by atoms with Crippen molar-refractivity contribution in [3.63, 3.8) is 0 Å². The highest BCUT2D eigenvalue weighted by atomic mass is 16.4. The lowest BCUT2D eigenvalue weighted by atomic mass is 10.2. The van der Waals surface area contributed by atoms with Crippen molar-refractivity contribution in [2.45, 2.75) is 39.2 Å². The molecule has 0 unspecified atom stereocenters. The van der Waals surface area contributed by atoms with Gasteiger partial charge in [-0.1, -0.05) is 43.7 Å². The highest BCUT2D eigenvalue weighted by Crippen LogP contribution is 2.07. The molecule has 0 aliphatic heterocycles. The van der Waals surface area contributed by atoms with Crippen LogP contribution in [-0.4, -0.2) is 35.7 Å². The Morgan fingerprint density at radius 3 is 2.55 bits per heavy atom. The van der Waals surface area contributed by atoms with E-state index in [1.165, 1.54) is 5.56 Å². The van der Waals surface area contributed by atoms with Crippen LogP contribution in [0.3, 0.4) is 0 Å². The highest BCUT2D eigenvalue weighted by Gasteiger charge is 2.04. The number of amides is 1. The number of carbonyl (C=O) groups is 1. The summed E-state index contributed by atoms with van der Waals surface area (Å²) in [6.07, 6.45) is 3.33. The second-order valence-corrected chi connectivity index (χ2v) is 5.05. The molecule has 1 rings (SSSR count). The number of nitrogens with zero attached hydrogens (tertiary/aromatic N) is 1. The second kappa shape index (κ2) is 10.3. The summed E-state index contributed by atoms with van der Waals surface area (Å²) in [6.45, 7) is 5.96. The Balaban J connectivity index is 2.20. The van der Waals surface area contributed by atoms with Crippen LogP contribution in [0.25, 0.3) is 0 Å². The van der Waals surface area contributed by atoms with E-state index in [9.17, 15) is 4.79 Å². The lowest BCUT2D eigenvalue weighted by molar-refractivity contribution is 0.194. The molecule has 0 aliphatic rings. The average molecular weight is 278 g/mol. The molecule has 0 heterocycles. The van der Waals surface area contributed by atoms with Gasteiger partial charge in [0.2, 0.25) is 0 Å². The van der Waals surface area contributed by atoms with Gasteiger partial charge in [0.15, 0.2) is 0 Å². The summed E-state index contributed by atoms with van der Waals surface area (Å²) in [4.78, 5) is 12.8. The minimum atomic E-state index is -0.929. The zero-order valence-electron chi connectivity index (χ0n) is 12.3. The fourth-order valence-corrected chi connectivity index (χ4v) is 2.26. The normalized spacial score (nSPS) is 10.7. The van der Waals surface area contributed by atoms with Crippen molar-refractivity contribution in [3.05, 3.63) is 35.9 Å². The van der Waals surface area contributed by atoms with Gasteiger partial charge in [0.05, 0.1) is 0 Å². The van der Waals surface area contributed by atoms with Gasteiger partial charge >= 0.3 is 6.09 Å². The minimum absolute atomic E-state index is 0.557. The van der Waals surface area contributed by atoms with Crippen LogP contribution in [-0.2, 0) is 6.54 Å². The highest BCUT2D eigenvalue weighted by molar-refractivity contribution is 5.64. The number of rotatable bonds is 10. The topological polar surface area (TPSA) is 52.6 Å². The van der Waals surface area contributed by atoms with Gasteiger partial charge in [-0.3, -0.25) is 4.90 Å². The Morgan fingerprint density at radius 2 is 1.90 bits per heavy atom. The minimum Gasteiger partial charge on any atom is -0.465 e. The van der Waals surface area contributed by atoms with Crippen molar-refractivity contribution >= 4 is 6.09 Å². The zero-order chi connectivity index (χ0) is 14.6. The third-order valence-corrected chi connectivity index (χ3v) is 3.22. The zero-order valence-corrected chi connectivity index (χ0v) is 12.3. The quantitative estimate of drug-likeness (QED) is 0.645. The molecule has 20 heavy (non-hydrogen) atoms. The number of hydrogen-bond acceptors (Lipinski definition) is 2. The van der Waals surface area contributed by atoms with E-state index < -0.39 is 6.09 Å². The third-order valence-electron chi connectivity index (χ3n) is 3.22. The molecule has 0 fully saturated rings. The van der Waals surface area contributed by atoms with Crippen LogP contribution in [0, 0.1) is 0 Å². The largest absolute Gasteiger partial charge is 0.465 e. The predicted molar refractivity (Wildman–Crippen MR) is 81.9 cm³/mol. The molecule has 0 atom stereocenters. The van der Waals surface area contributed by atoms with Crippen molar-refractivity contribution in [1.82, 2.24) is 10.2 Å². The smallest absolute Gasteiger partial charge is 0.404 e. The van der Waals surface area contributed by atoms with E-state index in [0.717, 1.165) is 45.3 Å². The Morgan fingerprint density at radius 1 is 1.15 bits per heavy atom. The molecule has 0 aromatic heterocycles. The van der Waals surface area contributed by atoms with E-state index in [0.29, 0.717) is 6.54 Å². The summed E-state index contributed by atoms with van der Waals surface area (Å²) in [5.74, 6) is 0. The van der Waals surface area contributed by atoms with Gasteiger partial charge in [0.25, 0.3) is 0 Å². The number of unbranched alkanes of at least 4 members (excludes halogenated alkanes) is 2. The lowest BCUT2D eigenvalue weighted by Gasteiger charge is -2.21. The standard InChI is InChI=1S/C16H26N2O2/c1-2-12-18(14-15-9-5-3-6-10-15)13-8-4-7-11-17-16(19)20/h3,5-6,9-10,17H,2,4,7-8,11-14H2,1H3,(H,19,20). The van der Waals surface area contributed by atoms with Gasteiger partial charge in [-0.2, -0.15) is 0 Å². The lowest BCUT2D eigenvalue weighted by Crippen LogP contribution is -2.26. The molecule has 4 nitrogen and oxygen atoms in total. The van der Waals surface area contributed by atoms with Crippen molar-refractivity contribution < 1.29 is 9.90 Å². The number of hydrogen-bond donors (Lipinski definition) is 2. The third kappa shape index (κ3) is 7.79. The number of carboxylic acid groups (broad SMARTS) is 1. The summed E-state index contributed by atoms with van der Waals surface area (Å²) in [5.41, 5.74) is 1.36. The molecule has 1 aromatic carbocycles. The molecular weight excluding hydrogens is 252 g/mol. The van der Waals surface area contributed by atoms with E-state index in [2.05, 4.69) is 41.4 Å². The van der Waals surface area contributed by atoms with Crippen LogP contribution in [0.4, 0.5) is 4.79 Å². The first-order valence-electron chi connectivity index (χ1n) is 7.45. The molecule has 0 radical (unpaired) electrons. The van der Waals surface area contributed by atoms with Crippen LogP contribution in [0.2, 0.25) is 0 Å². The Labute approximate surface area is 121 Å². The first kappa shape index (κ1) is 16.5. The fraction of sp³-hybridized carbons (Fsp3) is 0.562. The molecule has 0 saturated carbocycles. The van der Waals surface area contributed by atoms with Crippen molar-refractivity contribution in [2.24, 2.45) is 0 Å². The monoisotopic (exact) mass is 278 g/mol. The maximum absolute atomic E-state index is 10.3. The van der Waals surface area contributed by atoms with E-state index in [-0.39, 0.29) is 0 Å². The summed E-state index contributed by atoms with van der Waals surface area (Å²) in [6, 6.07) is 10.5. The Hall–Kier alpha value is -1.55. The molecule has 4 heteroatoms. The van der Waals surface area contributed by atoms with Crippen LogP contribution in [0.1, 0.15) is 38.2 Å². The van der Waals surface area contributed by atoms with Gasteiger partial charge in [0.1, 0.15) is 0 Å². The van der Waals surface area contributed by atoms with Crippen LogP contribution in [0.15, 0.2) is 30.3 Å². The maximum Gasteiger partial charge on any atom is 0.404 e. The molecule has 2 N–H and O–H groups in total. The van der Waals surface area contributed by atoms with Gasteiger partial charge < -0.3 is 10.4 Å². The molecule has 1 aromatic rings. The van der Waals surface area contributed by atoms with Crippen molar-refractivity contribution in [3.8, 4) is 0 Å². The maximum atomic E-state index is 10.3. The van der Waals surface area contributed by atoms with Gasteiger partial charge in [0, 0.05) is 13.1 Å². The molecule has 112 valence electrons. The first-order valence-corrected chi connectivity index (χ1v) is 7.45. The summed E-state index contributed by atoms with van der Waals surface area (Å²) in [7, 11) is 0. The SMILES string of the molecule is CCCN(CCCCCNC(=O)O)Cc1ccccc1. The van der Waals surface area contributed by atoms with Crippen LogP contribution < -0.4 is 5.32 Å². The van der Waals surface area contributed by atoms with E-state index in [4.69, 9.17) is 5.11 Å². The molecule has 0 saturated heterocycles. The van der Waals surface area contributed by atoms with E-state index in [1.807, 2.05) is 6.07 Å². The van der Waals surface area contributed by atoms with Gasteiger partial charge in [-0.05, 0) is 37.9 Å². The average Bonchev–Trinajstić information content (AvgIpc) is 2.43. The summed E-state index contributed by atoms with van der Waals surface area (Å²) in [5, 5.41) is 10.9. The fourth-order valence-electron chi connectivity index (χ4n) is 2.26. The predicted octanol–water partition coefficient (Wildman–Crippen LogP) is 3.34. The van der Waals surface area contributed by atoms with Crippen molar-refractivity contribution in [2.75, 3.05) is 19.6 Å². The van der Waals surface area contributed by atoms with E-state index in [1.54, 1.807) is 0 Å². The molecule has 1 amide bonds. The number of benzene rings is 1. The molecule has 0 spiro atoms. The first-order chi connectivity index (χ1) is 9.72. The number of nitrogens with one attached hydrogen (secondary N) is 1. The molecular formula is C16H26N2O2. The van der Waals surface area contributed by atoms with Gasteiger partial charge in [-0.15, -0.1) is 0 Å². The summed E-state index contributed by atoms with van der Waals surface area (Å²) >= 11 is 0. The van der Waals surface area contributed by atoms with Crippen molar-refractivity contribution in [1.29, 1.82) is 0 Å². The van der Waals surface area contributed by atoms with Crippen LogP contribution in [0.5, 0.6) is 0 Å². The van der Waals surface area contributed by atoms with Crippen LogP contribution >= 0.6 is 0 Å². The van der Waals surface area contributed by atoms with E-state index >= 15 is 0 Å². The van der Waals surface area contributed by atoms with Gasteiger partial charge in [-0.25, -0.2) is 4.79 Å². The molecule has 0 bridgehead atoms. The molecule has 0 aliphatic carbocycles. The Bertz CT molecular complexity index is 368. The second-order valence-electron chi connectivity index (χ2n) is 5.05.